The maximum Gasteiger partial charge on any atom is 0.339 e. The van der Waals surface area contributed by atoms with E-state index in [4.69, 9.17) is 34.7 Å². The van der Waals surface area contributed by atoms with Crippen molar-refractivity contribution in [3.8, 4) is 22.5 Å². The predicted octanol–water partition coefficient (Wildman–Crippen LogP) is 8.59. The van der Waals surface area contributed by atoms with E-state index in [-0.39, 0.29) is 54.6 Å². The fourth-order valence-electron chi connectivity index (χ4n) is 5.66. The number of primary amides is 2. The van der Waals surface area contributed by atoms with Crippen molar-refractivity contribution >= 4 is 69.6 Å². The molecule has 0 spiro atoms. The lowest BCUT2D eigenvalue weighted by molar-refractivity contribution is -0.117. The van der Waals surface area contributed by atoms with E-state index in [0.717, 1.165) is 11.1 Å². The van der Waals surface area contributed by atoms with E-state index < -0.39 is 35.3 Å². The molecular formula is C45H48Cl2F2N10O5. The van der Waals surface area contributed by atoms with Gasteiger partial charge in [0, 0.05) is 69.7 Å². The Hall–Kier alpha value is -7.08. The molecule has 0 atom stereocenters. The van der Waals surface area contributed by atoms with Crippen LogP contribution < -0.4 is 33.2 Å². The van der Waals surface area contributed by atoms with Gasteiger partial charge >= 0.3 is 5.97 Å². The van der Waals surface area contributed by atoms with E-state index in [1.807, 2.05) is 27.7 Å². The Morgan fingerprint density at radius 2 is 1.08 bits per heavy atom. The fraction of sp³-hybridized carbons (Fsp3) is 0.200. The topological polar surface area (TPSA) is 254 Å². The standard InChI is InChI=1S/C22H21ClFN5O2.C20H17ClFN3O2.C2H6N2O.CH4/c1-12(2)15-10-27-19(14-7-13(23)3-4-17(14)24)8-20(15)29-18-5-6-26-9-16(18)22(31)28-11-21(25)30;1-11(2)14-10-24-18(13-7-12(21)3-4-16(13)22)8-19(14)25-17-5-6-23-9-15(17)20(26)27;3-1-2(4)5;/h3-10,12H,11H2,1-2H3,(H2,25,30)(H,28,31)(H,26,27,29);3-11H,1-2H3,(H,26,27)(H,23,24,25);1,3H2,(H2,4,5);1H4. The molecule has 4 aromatic heterocycles. The maximum absolute atomic E-state index is 14.4. The lowest BCUT2D eigenvalue weighted by Crippen LogP contribution is -2.33. The van der Waals surface area contributed by atoms with E-state index in [0.29, 0.717) is 44.2 Å². The smallest absolute Gasteiger partial charge is 0.339 e. The summed E-state index contributed by atoms with van der Waals surface area (Å²) >= 11 is 12.0. The van der Waals surface area contributed by atoms with Gasteiger partial charge in [-0.3, -0.25) is 34.3 Å². The van der Waals surface area contributed by atoms with Crippen molar-refractivity contribution in [3.63, 3.8) is 0 Å². The third-order valence-corrected chi connectivity index (χ3v) is 9.27. The summed E-state index contributed by atoms with van der Waals surface area (Å²) in [4.78, 5) is 61.0. The van der Waals surface area contributed by atoms with Gasteiger partial charge in [0.2, 0.25) is 11.8 Å². The number of amides is 3. The Morgan fingerprint density at radius 3 is 1.47 bits per heavy atom. The summed E-state index contributed by atoms with van der Waals surface area (Å²) < 4.78 is 28.6. The zero-order chi connectivity index (χ0) is 46.4. The molecule has 0 fully saturated rings. The van der Waals surface area contributed by atoms with Crippen LogP contribution in [0.25, 0.3) is 22.5 Å². The Labute approximate surface area is 378 Å². The normalized spacial score (nSPS) is 10.4. The summed E-state index contributed by atoms with van der Waals surface area (Å²) in [5.74, 6) is -3.39. The van der Waals surface area contributed by atoms with Crippen molar-refractivity contribution in [3.05, 3.63) is 142 Å². The highest BCUT2D eigenvalue weighted by atomic mass is 35.5. The van der Waals surface area contributed by atoms with Crippen LogP contribution in [0.1, 0.15) is 78.8 Å². The zero-order valence-electron chi connectivity index (χ0n) is 34.4. The van der Waals surface area contributed by atoms with E-state index in [2.05, 4.69) is 41.6 Å². The first kappa shape index (κ1) is 51.3. The molecule has 2 aromatic carbocycles. The second-order valence-corrected chi connectivity index (χ2v) is 15.0. The molecule has 19 heteroatoms. The van der Waals surface area contributed by atoms with Gasteiger partial charge in [-0.25, -0.2) is 13.6 Å². The van der Waals surface area contributed by atoms with Crippen LogP contribution in [-0.4, -0.2) is 61.8 Å². The SMILES string of the molecule is C.CC(C)c1cnc(-c2cc(Cl)ccc2F)cc1Nc1ccncc1C(=O)NCC(N)=O.CC(C)c1cnc(-c2cc(Cl)ccc2F)cc1Nc1ccncc1C(=O)O.NCC(N)=O. The quantitative estimate of drug-likeness (QED) is 0.0575. The Morgan fingerprint density at radius 1 is 0.656 bits per heavy atom. The van der Waals surface area contributed by atoms with Gasteiger partial charge in [0.1, 0.15) is 17.2 Å². The van der Waals surface area contributed by atoms with Crippen molar-refractivity contribution in [1.82, 2.24) is 25.3 Å². The van der Waals surface area contributed by atoms with Gasteiger partial charge < -0.3 is 38.3 Å². The molecule has 0 aliphatic heterocycles. The molecule has 0 aliphatic carbocycles. The van der Waals surface area contributed by atoms with E-state index in [1.165, 1.54) is 61.2 Å². The number of rotatable bonds is 13. The van der Waals surface area contributed by atoms with E-state index in [9.17, 15) is 33.1 Å². The molecule has 336 valence electrons. The third kappa shape index (κ3) is 14.2. The third-order valence-electron chi connectivity index (χ3n) is 8.80. The zero-order valence-corrected chi connectivity index (χ0v) is 35.9. The number of nitrogens with zero attached hydrogens (tertiary/aromatic N) is 4. The second-order valence-electron chi connectivity index (χ2n) is 14.1. The highest BCUT2D eigenvalue weighted by molar-refractivity contribution is 6.31. The molecule has 0 saturated carbocycles. The van der Waals surface area contributed by atoms with E-state index in [1.54, 1.807) is 36.7 Å². The van der Waals surface area contributed by atoms with Crippen LogP contribution in [0.15, 0.2) is 97.8 Å². The first-order valence-electron chi connectivity index (χ1n) is 19.0. The molecule has 0 unspecified atom stereocenters. The number of halogens is 4. The molecule has 4 heterocycles. The van der Waals surface area contributed by atoms with Crippen LogP contribution in [0.4, 0.5) is 31.5 Å². The first-order valence-corrected chi connectivity index (χ1v) is 19.8. The monoisotopic (exact) mass is 916 g/mol. The van der Waals surface area contributed by atoms with Crippen molar-refractivity contribution in [2.24, 2.45) is 17.2 Å². The maximum atomic E-state index is 14.4. The molecule has 0 saturated heterocycles. The van der Waals surface area contributed by atoms with Crippen LogP contribution >= 0.6 is 23.2 Å². The van der Waals surface area contributed by atoms with Crippen LogP contribution in [0, 0.1) is 11.6 Å². The van der Waals surface area contributed by atoms with Crippen molar-refractivity contribution in [2.75, 3.05) is 23.7 Å². The summed E-state index contributed by atoms with van der Waals surface area (Å²) in [6.45, 7) is 7.63. The number of hydrogen-bond acceptors (Lipinski definition) is 11. The molecule has 10 N–H and O–H groups in total. The Balaban J connectivity index is 0.000000306. The second kappa shape index (κ2) is 23.9. The van der Waals surface area contributed by atoms with Gasteiger partial charge in [0.15, 0.2) is 0 Å². The number of benzene rings is 2. The largest absolute Gasteiger partial charge is 0.478 e. The average molecular weight is 918 g/mol. The molecular weight excluding hydrogens is 869 g/mol. The number of carboxylic acid groups (broad SMARTS) is 1. The van der Waals surface area contributed by atoms with Crippen LogP contribution in [-0.2, 0) is 9.59 Å². The fourth-order valence-corrected chi connectivity index (χ4v) is 6.01. The van der Waals surface area contributed by atoms with Crippen LogP contribution in [0.2, 0.25) is 10.0 Å². The molecule has 64 heavy (non-hydrogen) atoms. The summed E-state index contributed by atoms with van der Waals surface area (Å²) in [5, 5.41) is 19.0. The Bertz CT molecular complexity index is 2620. The number of carbonyl (C=O) groups is 4. The van der Waals surface area contributed by atoms with Gasteiger partial charge in [-0.1, -0.05) is 58.3 Å². The van der Waals surface area contributed by atoms with E-state index >= 15 is 0 Å². The minimum absolute atomic E-state index is 0. The molecule has 0 radical (unpaired) electrons. The number of nitrogens with one attached hydrogen (secondary N) is 3. The summed E-state index contributed by atoms with van der Waals surface area (Å²) in [7, 11) is 0. The van der Waals surface area contributed by atoms with Gasteiger partial charge in [-0.15, -0.1) is 0 Å². The highest BCUT2D eigenvalue weighted by Crippen LogP contribution is 2.35. The van der Waals surface area contributed by atoms with Crippen LogP contribution in [0.3, 0.4) is 0 Å². The summed E-state index contributed by atoms with van der Waals surface area (Å²) in [5.41, 5.74) is 19.8. The number of aromatic nitrogens is 4. The molecule has 6 aromatic rings. The predicted molar refractivity (Wildman–Crippen MR) is 246 cm³/mol. The lowest BCUT2D eigenvalue weighted by atomic mass is 10.0. The minimum Gasteiger partial charge on any atom is -0.478 e. The minimum atomic E-state index is -1.09. The summed E-state index contributed by atoms with van der Waals surface area (Å²) in [6.07, 6.45) is 9.01. The molecule has 0 aliphatic rings. The first-order chi connectivity index (χ1) is 29.9. The van der Waals surface area contributed by atoms with Gasteiger partial charge in [0.25, 0.3) is 5.91 Å². The number of hydrogen-bond donors (Lipinski definition) is 7. The van der Waals surface area contributed by atoms with Crippen LogP contribution in [0.5, 0.6) is 0 Å². The van der Waals surface area contributed by atoms with Gasteiger partial charge in [-0.05, 0) is 83.6 Å². The molecule has 6 rings (SSSR count). The number of aromatic carboxylic acids is 1. The number of anilines is 4. The average Bonchev–Trinajstić information content (AvgIpc) is 3.25. The van der Waals surface area contributed by atoms with Crippen molar-refractivity contribution in [1.29, 1.82) is 0 Å². The number of carboxylic acids is 1. The Kier molecular flexibility index (Phi) is 19.2. The summed E-state index contributed by atoms with van der Waals surface area (Å²) in [6, 6.07) is 15.1. The molecule has 0 bridgehead atoms. The number of pyridine rings is 4. The number of carbonyl (C=O) groups excluding carboxylic acids is 3. The number of nitrogens with two attached hydrogens (primary N) is 3. The highest BCUT2D eigenvalue weighted by Gasteiger charge is 2.19. The molecule has 3 amide bonds. The van der Waals surface area contributed by atoms with Gasteiger partial charge in [-0.2, -0.15) is 0 Å². The molecule has 15 nitrogen and oxygen atoms in total. The lowest BCUT2D eigenvalue weighted by Gasteiger charge is -2.18. The van der Waals surface area contributed by atoms with Gasteiger partial charge in [0.05, 0.1) is 41.4 Å². The van der Waals surface area contributed by atoms with Crippen molar-refractivity contribution in [2.45, 2.75) is 47.0 Å². The van der Waals surface area contributed by atoms with Crippen molar-refractivity contribution < 1.29 is 33.1 Å².